The zero-order valence-corrected chi connectivity index (χ0v) is 20.1. The molecule has 36 heavy (non-hydrogen) atoms. The molecule has 0 saturated carbocycles. The van der Waals surface area contributed by atoms with Crippen molar-refractivity contribution < 1.29 is 4.74 Å². The highest BCUT2D eigenvalue weighted by Gasteiger charge is 2.20. The van der Waals surface area contributed by atoms with Gasteiger partial charge in [0.25, 0.3) is 0 Å². The molecule has 1 N–H and O–H groups in total. The third-order valence-corrected chi connectivity index (χ3v) is 6.43. The van der Waals surface area contributed by atoms with Crippen molar-refractivity contribution in [2.45, 2.75) is 6.04 Å². The van der Waals surface area contributed by atoms with Gasteiger partial charge in [-0.3, -0.25) is 9.97 Å². The Kier molecular flexibility index (Phi) is 5.29. The van der Waals surface area contributed by atoms with Crippen LogP contribution in [0.15, 0.2) is 79.5 Å². The molecule has 6 aromatic rings. The standard InChI is InChI=1S/C27H24N8O/c1-34-11-8-17-4-5-18(12-23(17)34)21-13-20(14-22-27(21)29-10-9-28-22)32-26(24-16-31-33-35(24)2)19-6-7-25(36-3)30-15-19/h4-16,26,32H,1-3H3. The molecule has 0 bridgehead atoms. The molecule has 0 radical (unpaired) electrons. The van der Waals surface area contributed by atoms with Crippen molar-refractivity contribution in [3.8, 4) is 17.0 Å². The maximum absolute atomic E-state index is 5.25. The number of aryl methyl sites for hydroxylation is 2. The van der Waals surface area contributed by atoms with Crippen LogP contribution in [0, 0.1) is 0 Å². The zero-order valence-electron chi connectivity index (χ0n) is 20.1. The number of ether oxygens (including phenoxy) is 1. The van der Waals surface area contributed by atoms with E-state index in [0.717, 1.165) is 44.6 Å². The lowest BCUT2D eigenvalue weighted by atomic mass is 10.0. The summed E-state index contributed by atoms with van der Waals surface area (Å²) in [5.74, 6) is 0.556. The molecule has 9 nitrogen and oxygen atoms in total. The number of nitrogens with zero attached hydrogens (tertiary/aromatic N) is 7. The molecule has 6 rings (SSSR count). The van der Waals surface area contributed by atoms with Crippen LogP contribution in [0.25, 0.3) is 33.1 Å². The highest BCUT2D eigenvalue weighted by atomic mass is 16.5. The van der Waals surface area contributed by atoms with Crippen LogP contribution in [0.4, 0.5) is 5.69 Å². The van der Waals surface area contributed by atoms with Crippen LogP contribution >= 0.6 is 0 Å². The SMILES string of the molecule is COc1ccc(C(Nc2cc(-c3ccc4ccn(C)c4c3)c3nccnc3c2)c2cnnn2C)cn1. The molecule has 4 heterocycles. The summed E-state index contributed by atoms with van der Waals surface area (Å²) in [4.78, 5) is 13.7. The average Bonchev–Trinajstić information content (AvgIpc) is 3.51. The maximum Gasteiger partial charge on any atom is 0.212 e. The lowest BCUT2D eigenvalue weighted by Gasteiger charge is -2.21. The summed E-state index contributed by atoms with van der Waals surface area (Å²) in [6, 6.07) is 16.3. The topological polar surface area (TPSA) is 95.6 Å². The number of methoxy groups -OCH3 is 1. The van der Waals surface area contributed by atoms with Gasteiger partial charge in [-0.2, -0.15) is 0 Å². The first kappa shape index (κ1) is 21.7. The van der Waals surface area contributed by atoms with E-state index in [9.17, 15) is 0 Å². The fourth-order valence-electron chi connectivity index (χ4n) is 4.55. The number of nitrogens with one attached hydrogen (secondary N) is 1. The second-order valence-electron chi connectivity index (χ2n) is 8.64. The first-order valence-electron chi connectivity index (χ1n) is 11.5. The van der Waals surface area contributed by atoms with Crippen molar-refractivity contribution in [2.75, 3.05) is 12.4 Å². The largest absolute Gasteiger partial charge is 0.481 e. The Morgan fingerprint density at radius 3 is 2.58 bits per heavy atom. The molecule has 0 spiro atoms. The molecule has 9 heteroatoms. The van der Waals surface area contributed by atoms with Gasteiger partial charge >= 0.3 is 0 Å². The number of benzene rings is 2. The zero-order chi connectivity index (χ0) is 24.6. The normalized spacial score (nSPS) is 12.2. The van der Waals surface area contributed by atoms with Gasteiger partial charge in [-0.15, -0.1) is 5.10 Å². The summed E-state index contributed by atoms with van der Waals surface area (Å²) in [5.41, 5.74) is 7.63. The summed E-state index contributed by atoms with van der Waals surface area (Å²) in [7, 11) is 5.53. The van der Waals surface area contributed by atoms with Crippen LogP contribution in [0.5, 0.6) is 5.88 Å². The lowest BCUT2D eigenvalue weighted by molar-refractivity contribution is 0.397. The van der Waals surface area contributed by atoms with E-state index in [1.165, 1.54) is 5.39 Å². The fraction of sp³-hybridized carbons (Fsp3) is 0.148. The van der Waals surface area contributed by atoms with E-state index in [1.807, 2.05) is 25.2 Å². The van der Waals surface area contributed by atoms with Gasteiger partial charge in [-0.25, -0.2) is 9.67 Å². The minimum atomic E-state index is -0.249. The third kappa shape index (κ3) is 3.80. The van der Waals surface area contributed by atoms with Gasteiger partial charge in [0.05, 0.1) is 36.1 Å². The van der Waals surface area contributed by atoms with Crippen LogP contribution in [-0.2, 0) is 14.1 Å². The molecule has 0 aliphatic carbocycles. The van der Waals surface area contributed by atoms with E-state index in [0.29, 0.717) is 5.88 Å². The van der Waals surface area contributed by atoms with Gasteiger partial charge in [-0.1, -0.05) is 17.3 Å². The summed E-state index contributed by atoms with van der Waals surface area (Å²) in [6.07, 6.45) is 9.07. The molecule has 0 aliphatic heterocycles. The third-order valence-electron chi connectivity index (χ3n) is 6.43. The van der Waals surface area contributed by atoms with Gasteiger partial charge in [-0.05, 0) is 46.8 Å². The number of hydrogen-bond acceptors (Lipinski definition) is 7. The predicted octanol–water partition coefficient (Wildman–Crippen LogP) is 4.52. The van der Waals surface area contributed by atoms with Crippen molar-refractivity contribution in [3.63, 3.8) is 0 Å². The minimum absolute atomic E-state index is 0.249. The second-order valence-corrected chi connectivity index (χ2v) is 8.64. The molecule has 1 atom stereocenters. The Morgan fingerprint density at radius 1 is 0.917 bits per heavy atom. The Morgan fingerprint density at radius 2 is 1.81 bits per heavy atom. The number of hydrogen-bond donors (Lipinski definition) is 1. The maximum atomic E-state index is 5.25. The Labute approximate surface area is 207 Å². The first-order valence-corrected chi connectivity index (χ1v) is 11.5. The lowest BCUT2D eigenvalue weighted by Crippen LogP contribution is -2.16. The Hall–Kier alpha value is -4.79. The summed E-state index contributed by atoms with van der Waals surface area (Å²) in [5, 5.41) is 13.1. The van der Waals surface area contributed by atoms with Crippen molar-refractivity contribution >= 4 is 27.6 Å². The highest BCUT2D eigenvalue weighted by Crippen LogP contribution is 2.34. The number of rotatable bonds is 6. The van der Waals surface area contributed by atoms with E-state index in [2.05, 4.69) is 78.7 Å². The van der Waals surface area contributed by atoms with Gasteiger partial charge in [0.15, 0.2) is 0 Å². The molecule has 0 aliphatic rings. The van der Waals surface area contributed by atoms with Gasteiger partial charge in [0.1, 0.15) is 0 Å². The van der Waals surface area contributed by atoms with E-state index >= 15 is 0 Å². The predicted molar refractivity (Wildman–Crippen MR) is 139 cm³/mol. The fourth-order valence-corrected chi connectivity index (χ4v) is 4.55. The molecule has 178 valence electrons. The highest BCUT2D eigenvalue weighted by molar-refractivity contribution is 5.97. The van der Waals surface area contributed by atoms with Crippen LogP contribution in [0.3, 0.4) is 0 Å². The average molecular weight is 477 g/mol. The quantitative estimate of drug-likeness (QED) is 0.378. The molecule has 0 fully saturated rings. The van der Waals surface area contributed by atoms with E-state index in [4.69, 9.17) is 4.74 Å². The molecular weight excluding hydrogens is 452 g/mol. The van der Waals surface area contributed by atoms with Crippen LogP contribution in [0.2, 0.25) is 0 Å². The number of aromatic nitrogens is 7. The Balaban J connectivity index is 1.48. The molecule has 2 aromatic carbocycles. The van der Waals surface area contributed by atoms with Crippen molar-refractivity contribution in [2.24, 2.45) is 14.1 Å². The van der Waals surface area contributed by atoms with Crippen LogP contribution in [-0.4, -0.2) is 41.6 Å². The Bertz CT molecular complexity index is 1690. The minimum Gasteiger partial charge on any atom is -0.481 e. The molecule has 1 unspecified atom stereocenters. The number of anilines is 1. The molecular formula is C27H24N8O. The number of pyridine rings is 1. The van der Waals surface area contributed by atoms with Crippen LogP contribution < -0.4 is 10.1 Å². The molecule has 0 amide bonds. The summed E-state index contributed by atoms with van der Waals surface area (Å²) in [6.45, 7) is 0. The van der Waals surface area contributed by atoms with Gasteiger partial charge in [0, 0.05) is 61.7 Å². The first-order chi connectivity index (χ1) is 17.6. The monoisotopic (exact) mass is 476 g/mol. The van der Waals surface area contributed by atoms with Gasteiger partial charge < -0.3 is 14.6 Å². The molecule has 0 saturated heterocycles. The smallest absolute Gasteiger partial charge is 0.212 e. The second kappa shape index (κ2) is 8.77. The van der Waals surface area contributed by atoms with Crippen molar-refractivity contribution in [1.82, 2.24) is 34.5 Å². The number of fused-ring (bicyclic) bond motifs is 2. The van der Waals surface area contributed by atoms with Gasteiger partial charge in [0.2, 0.25) is 5.88 Å². The van der Waals surface area contributed by atoms with E-state index in [-0.39, 0.29) is 6.04 Å². The van der Waals surface area contributed by atoms with Crippen LogP contribution in [0.1, 0.15) is 17.3 Å². The molecule has 4 aromatic heterocycles. The van der Waals surface area contributed by atoms with E-state index < -0.39 is 0 Å². The summed E-state index contributed by atoms with van der Waals surface area (Å²) < 4.78 is 9.13. The van der Waals surface area contributed by atoms with Crippen molar-refractivity contribution in [1.29, 1.82) is 0 Å². The van der Waals surface area contributed by atoms with Crippen molar-refractivity contribution in [3.05, 3.63) is 90.8 Å². The summed E-state index contributed by atoms with van der Waals surface area (Å²) >= 11 is 0. The van der Waals surface area contributed by atoms with E-state index in [1.54, 1.807) is 36.6 Å².